The summed E-state index contributed by atoms with van der Waals surface area (Å²) in [6.45, 7) is 12.8. The Kier molecular flexibility index (Phi) is 42.0. The zero-order chi connectivity index (χ0) is 81.5. The molecule has 9 aromatic rings. The van der Waals surface area contributed by atoms with Crippen molar-refractivity contribution in [1.29, 1.82) is 0 Å². The third-order valence-electron chi connectivity index (χ3n) is 17.3. The molecule has 0 saturated carbocycles. The Morgan fingerprint density at radius 2 is 0.712 bits per heavy atom. The third-order valence-corrected chi connectivity index (χ3v) is 18.2. The van der Waals surface area contributed by atoms with E-state index in [2.05, 4.69) is 161 Å². The fourth-order valence-corrected chi connectivity index (χ4v) is 12.8. The van der Waals surface area contributed by atoms with E-state index in [1.165, 1.54) is 6.26 Å². The van der Waals surface area contributed by atoms with Crippen LogP contribution in [-0.4, -0.2) is 194 Å². The molecule has 6 heterocycles. The van der Waals surface area contributed by atoms with Gasteiger partial charge in [0.25, 0.3) is 0 Å². The van der Waals surface area contributed by atoms with E-state index < -0.39 is 9.84 Å². The molecule has 14 N–H and O–H groups in total. The van der Waals surface area contributed by atoms with Gasteiger partial charge < -0.3 is 57.6 Å². The number of tetrazole rings is 3. The van der Waals surface area contributed by atoms with Gasteiger partial charge in [0.05, 0.1) is 44.2 Å². The summed E-state index contributed by atoms with van der Waals surface area (Å²) >= 11 is 0. The number of aryl methyl sites for hydroxylation is 3. The van der Waals surface area contributed by atoms with E-state index in [9.17, 15) is 18.6 Å². The summed E-state index contributed by atoms with van der Waals surface area (Å²) in [7, 11) is 1.89. The average Bonchev–Trinajstić information content (AvgIpc) is 1.81. The monoisotopic (exact) mass is 1560 g/mol. The van der Waals surface area contributed by atoms with E-state index in [0.717, 1.165) is 167 Å². The summed E-state index contributed by atoms with van der Waals surface area (Å²) in [6, 6.07) is 18.2. The molecule has 111 heavy (non-hydrogen) atoms. The molecule has 0 spiro atoms. The second-order valence-electron chi connectivity index (χ2n) is 25.3. The Morgan fingerprint density at radius 1 is 0.432 bits per heavy atom. The SMILES string of the molecule is CCCC[C@@H](CCO)Nc1nc(N)nc(CC)c1Cc1cc(Cc2nn[nH]n2)ccc1OC.CCCC[C@@H](CCO)Nc1nc(N)nc(CC)c1Cc1cc(Cc2nn[nH]n2)ccc1OC.CCCC[C@@H](CCS(C)(=O)=O)Nc1nc(N)nc(CC)c1Cc1cc(Cc2nn[nH]n2)ccc1OC.O=C=O.O=C=O.O=C=O. The Hall–Kier alpha value is -11.7. The Labute approximate surface area is 644 Å². The number of nitrogens with zero attached hydrogens (tertiary/aromatic N) is 15. The molecule has 0 fully saturated rings. The van der Waals surface area contributed by atoms with E-state index in [0.29, 0.717) is 87.5 Å². The second kappa shape index (κ2) is 50.9. The predicted molar refractivity (Wildman–Crippen MR) is 409 cm³/mol. The number of anilines is 6. The second-order valence-corrected chi connectivity index (χ2v) is 27.5. The van der Waals surface area contributed by atoms with Crippen LogP contribution in [0.5, 0.6) is 17.2 Å². The quantitative estimate of drug-likeness (QED) is 0.0200. The first-order valence-electron chi connectivity index (χ1n) is 36.4. The van der Waals surface area contributed by atoms with Gasteiger partial charge in [-0.1, -0.05) is 132 Å². The molecule has 37 nitrogen and oxygen atoms in total. The smallest absolute Gasteiger partial charge is 0.373 e. The zero-order valence-electron chi connectivity index (χ0n) is 64.6. The number of benzene rings is 3. The summed E-state index contributed by atoms with van der Waals surface area (Å²) in [5.74, 6) is 7.04. The molecule has 0 saturated heterocycles. The minimum absolute atomic E-state index is 0.0519. The highest BCUT2D eigenvalue weighted by molar-refractivity contribution is 7.90. The lowest BCUT2D eigenvalue weighted by atomic mass is 9.98. The van der Waals surface area contributed by atoms with Crippen molar-refractivity contribution in [2.75, 3.05) is 79.7 Å². The van der Waals surface area contributed by atoms with Gasteiger partial charge in [0.2, 0.25) is 17.8 Å². The molecular formula is C73H104N24O13S. The van der Waals surface area contributed by atoms with Crippen molar-refractivity contribution in [3.05, 3.63) is 139 Å². The lowest BCUT2D eigenvalue weighted by Gasteiger charge is -2.22. The van der Waals surface area contributed by atoms with Crippen molar-refractivity contribution in [3.8, 4) is 17.2 Å². The summed E-state index contributed by atoms with van der Waals surface area (Å²) in [6.07, 6.45) is 18.3. The van der Waals surface area contributed by atoms with Crippen LogP contribution >= 0.6 is 0 Å². The van der Waals surface area contributed by atoms with Crippen molar-refractivity contribution in [3.63, 3.8) is 0 Å². The molecule has 6 aromatic heterocycles. The van der Waals surface area contributed by atoms with Crippen LogP contribution in [0.2, 0.25) is 0 Å². The molecule has 38 heteroatoms. The predicted octanol–water partition coefficient (Wildman–Crippen LogP) is 6.33. The number of hydrogen-bond acceptors (Lipinski definition) is 34. The molecule has 0 aliphatic heterocycles. The highest BCUT2D eigenvalue weighted by Crippen LogP contribution is 2.34. The van der Waals surface area contributed by atoms with E-state index in [1.807, 2.05) is 43.3 Å². The van der Waals surface area contributed by atoms with Gasteiger partial charge in [-0.25, -0.2) is 23.4 Å². The fourth-order valence-electron chi connectivity index (χ4n) is 12.0. The Balaban J connectivity index is 0.000000333. The van der Waals surface area contributed by atoms with Crippen LogP contribution in [0.25, 0.3) is 0 Å². The number of aliphatic hydroxyl groups is 2. The van der Waals surface area contributed by atoms with E-state index in [-0.39, 0.29) is 73.4 Å². The highest BCUT2D eigenvalue weighted by atomic mass is 32.2. The Bertz CT molecular complexity index is 4220. The van der Waals surface area contributed by atoms with Gasteiger partial charge in [-0.05, 0) is 109 Å². The number of methoxy groups -OCH3 is 3. The van der Waals surface area contributed by atoms with Crippen LogP contribution in [0.15, 0.2) is 54.6 Å². The number of hydrogen-bond donors (Lipinski definition) is 11. The van der Waals surface area contributed by atoms with Gasteiger partial charge in [-0.3, -0.25) is 0 Å². The molecule has 3 atom stereocenters. The molecule has 9 rings (SSSR count). The number of aromatic amines is 3. The van der Waals surface area contributed by atoms with E-state index in [4.69, 9.17) is 60.2 Å². The number of nitrogens with two attached hydrogens (primary N) is 3. The van der Waals surface area contributed by atoms with Gasteiger partial charge in [-0.2, -0.15) is 59.4 Å². The third kappa shape index (κ3) is 32.2. The maximum Gasteiger partial charge on any atom is 0.373 e. The van der Waals surface area contributed by atoms with E-state index >= 15 is 0 Å². The first kappa shape index (κ1) is 91.7. The molecular weight excluding hydrogens is 1450 g/mol. The van der Waals surface area contributed by atoms with Crippen LogP contribution in [0.1, 0.15) is 203 Å². The molecule has 0 bridgehead atoms. The Morgan fingerprint density at radius 3 is 0.937 bits per heavy atom. The minimum Gasteiger partial charge on any atom is -0.496 e. The van der Waals surface area contributed by atoms with Crippen LogP contribution in [0, 0.1) is 0 Å². The standard InChI is InChI=1S/C24H36N8O3S.2C23H34N8O2.3CO2/c1-5-7-8-18(11-12-36(4,33)34)26-23-19(20(6-2)27-24(25)28-23)15-17-13-16(9-10-21(17)35-3)14-22-29-31-32-30-22;2*1-4-6-7-17(10-11-32)25-22-18(19(5-2)26-23(24)27-22)14-16-12-15(8-9-20(16)33-3)13-21-28-30-31-29-21;3*2-1-3/h9-10,13,18H,5-8,11-12,14-15H2,1-4H3,(H3,25,26,27,28)(H,29,30,31,32);2*8-9,12,17,32H,4-7,10-11,13-14H2,1-3H3,(H3,24,25,26,27)(H,28,29,30,31);;;/t18-;2*17-;;;/m000.../s1. The maximum absolute atomic E-state index is 11.8. The van der Waals surface area contributed by atoms with E-state index in [1.54, 1.807) is 21.3 Å². The number of carbonyl (C=O) groups excluding carboxylic acids is 6. The molecule has 0 aliphatic rings. The van der Waals surface area contributed by atoms with Crippen LogP contribution in [-0.2, 0) is 96.4 Å². The molecule has 0 amide bonds. The van der Waals surface area contributed by atoms with Crippen molar-refractivity contribution in [2.24, 2.45) is 0 Å². The number of nitrogen functional groups attached to an aromatic ring is 3. The topological polar surface area (TPSA) is 560 Å². The van der Waals surface area contributed by atoms with Gasteiger partial charge in [-0.15, -0.1) is 30.6 Å². The number of H-pyrrole nitrogens is 3. The molecule has 0 aliphatic carbocycles. The summed E-state index contributed by atoms with van der Waals surface area (Å²) in [5, 5.41) is 72.3. The van der Waals surface area contributed by atoms with Gasteiger partial charge in [0.15, 0.2) is 17.5 Å². The number of aromatic nitrogens is 18. The summed E-state index contributed by atoms with van der Waals surface area (Å²) in [5.41, 5.74) is 29.8. The van der Waals surface area contributed by atoms with Gasteiger partial charge >= 0.3 is 18.5 Å². The summed E-state index contributed by atoms with van der Waals surface area (Å²) < 4.78 is 40.6. The number of ether oxygens (including phenoxy) is 3. The van der Waals surface area contributed by atoms with Crippen molar-refractivity contribution in [1.82, 2.24) is 91.8 Å². The summed E-state index contributed by atoms with van der Waals surface area (Å²) in [4.78, 5) is 75.9. The van der Waals surface area contributed by atoms with Crippen molar-refractivity contribution < 1.29 is 61.6 Å². The van der Waals surface area contributed by atoms with Crippen LogP contribution in [0.3, 0.4) is 0 Å². The minimum atomic E-state index is -3.08. The largest absolute Gasteiger partial charge is 0.496 e. The average molecular weight is 1560 g/mol. The molecule has 0 unspecified atom stereocenters. The van der Waals surface area contributed by atoms with Crippen molar-refractivity contribution >= 4 is 63.6 Å². The zero-order valence-corrected chi connectivity index (χ0v) is 65.4. The molecule has 600 valence electrons. The maximum atomic E-state index is 11.8. The molecule has 3 aromatic carbocycles. The number of unbranched alkanes of at least 4 members (excludes halogenated alkanes) is 3. The van der Waals surface area contributed by atoms with Crippen molar-refractivity contribution in [2.45, 2.75) is 195 Å². The molecule has 0 radical (unpaired) electrons. The van der Waals surface area contributed by atoms with Gasteiger partial charge in [0.1, 0.15) is 44.5 Å². The number of rotatable bonds is 40. The lowest BCUT2D eigenvalue weighted by molar-refractivity contribution is -0.193. The van der Waals surface area contributed by atoms with Crippen LogP contribution in [0.4, 0.5) is 35.3 Å². The first-order valence-corrected chi connectivity index (χ1v) is 38.4. The van der Waals surface area contributed by atoms with Gasteiger partial charge in [0, 0.05) is 92.8 Å². The first-order chi connectivity index (χ1) is 53.6. The number of aliphatic hydroxyl groups excluding tert-OH is 2. The highest BCUT2D eigenvalue weighted by Gasteiger charge is 2.24. The fraction of sp³-hybridized carbons (Fsp3) is 0.507. The number of nitrogens with one attached hydrogen (secondary N) is 6. The normalized spacial score (nSPS) is 11.4. The lowest BCUT2D eigenvalue weighted by Crippen LogP contribution is -2.25. The van der Waals surface area contributed by atoms with Crippen LogP contribution < -0.4 is 47.4 Å². The number of sulfone groups is 1.